The summed E-state index contributed by atoms with van der Waals surface area (Å²) in [6, 6.07) is 10.4. The number of aryl methyl sites for hydroxylation is 1. The van der Waals surface area contributed by atoms with Gasteiger partial charge < -0.3 is 19.5 Å². The summed E-state index contributed by atoms with van der Waals surface area (Å²) < 4.78 is 16.2. The lowest BCUT2D eigenvalue weighted by Gasteiger charge is -2.13. The van der Waals surface area contributed by atoms with Crippen LogP contribution in [0.3, 0.4) is 0 Å². The molecule has 0 saturated carbocycles. The number of ether oxygens (including phenoxy) is 3. The molecule has 0 aromatic heterocycles. The Morgan fingerprint density at radius 3 is 2.51 bits per heavy atom. The van der Waals surface area contributed by atoms with E-state index in [2.05, 4.69) is 21.2 Å². The predicted molar refractivity (Wildman–Crippen MR) is 135 cm³/mol. The van der Waals surface area contributed by atoms with Crippen molar-refractivity contribution in [2.45, 2.75) is 13.8 Å². The second-order valence-electron chi connectivity index (χ2n) is 7.30. The van der Waals surface area contributed by atoms with E-state index in [0.717, 1.165) is 22.2 Å². The van der Waals surface area contributed by atoms with Crippen LogP contribution in [0, 0.1) is 6.92 Å². The van der Waals surface area contributed by atoms with Gasteiger partial charge in [-0.05, 0) is 61.5 Å². The van der Waals surface area contributed by atoms with Crippen molar-refractivity contribution in [2.75, 3.05) is 32.2 Å². The molecular weight excluding hydrogens is 540 g/mol. The van der Waals surface area contributed by atoms with Crippen LogP contribution in [0.5, 0.6) is 11.5 Å². The van der Waals surface area contributed by atoms with Gasteiger partial charge in [0.1, 0.15) is 6.54 Å². The number of methoxy groups -OCH3 is 1. The predicted octanol–water partition coefficient (Wildman–Crippen LogP) is 4.38. The molecule has 11 heteroatoms. The number of thioether (sulfide) groups is 1. The number of nitrogens with zero attached hydrogens (tertiary/aromatic N) is 1. The van der Waals surface area contributed by atoms with E-state index < -0.39 is 29.6 Å². The summed E-state index contributed by atoms with van der Waals surface area (Å²) in [7, 11) is 1.44. The number of nitrogens with one attached hydrogen (secondary N) is 1. The van der Waals surface area contributed by atoms with Crippen molar-refractivity contribution in [2.24, 2.45) is 0 Å². The average molecular weight is 563 g/mol. The van der Waals surface area contributed by atoms with E-state index in [-0.39, 0.29) is 18.1 Å². The number of esters is 1. The zero-order valence-corrected chi connectivity index (χ0v) is 21.7. The first-order valence-corrected chi connectivity index (χ1v) is 12.1. The zero-order valence-electron chi connectivity index (χ0n) is 19.3. The monoisotopic (exact) mass is 562 g/mol. The third-order valence-electron chi connectivity index (χ3n) is 4.73. The van der Waals surface area contributed by atoms with Crippen molar-refractivity contribution < 1.29 is 33.4 Å². The topological polar surface area (TPSA) is 111 Å². The van der Waals surface area contributed by atoms with E-state index in [1.807, 2.05) is 19.1 Å². The summed E-state index contributed by atoms with van der Waals surface area (Å²) in [5.41, 5.74) is 2.16. The summed E-state index contributed by atoms with van der Waals surface area (Å²) in [6.07, 6.45) is 1.52. The maximum atomic E-state index is 12.8. The molecule has 0 aliphatic carbocycles. The highest BCUT2D eigenvalue weighted by Crippen LogP contribution is 2.38. The smallest absolute Gasteiger partial charge is 0.344 e. The molecule has 9 nitrogen and oxygen atoms in total. The fraction of sp³-hybridized carbons (Fsp3) is 0.250. The molecule has 1 saturated heterocycles. The molecule has 1 aliphatic heterocycles. The van der Waals surface area contributed by atoms with Crippen LogP contribution < -0.4 is 14.8 Å². The van der Waals surface area contributed by atoms with E-state index in [0.29, 0.717) is 27.2 Å². The van der Waals surface area contributed by atoms with E-state index in [1.54, 1.807) is 31.2 Å². The maximum Gasteiger partial charge on any atom is 0.344 e. The van der Waals surface area contributed by atoms with Gasteiger partial charge in [-0.25, -0.2) is 4.79 Å². The molecule has 3 amide bonds. The molecular formula is C24H23BrN2O7S. The standard InChI is InChI=1S/C24H23BrN2O7S/c1-4-33-22(29)13-34-19-11-17(25)15(9-18(19)32-3)10-20-23(30)27(24(31)35-20)12-21(28)26-16-7-5-14(2)6-8-16/h5-11H,4,12-13H2,1-3H3,(H,26,28)/b20-10-. The SMILES string of the molecule is CCOC(=O)COc1cc(Br)c(/C=C2\SC(=O)N(CC(=O)Nc3ccc(C)cc3)C2=O)cc1OC. The Bertz CT molecular complexity index is 1180. The first kappa shape index (κ1) is 26.3. The third kappa shape index (κ3) is 6.86. The number of anilines is 1. The molecule has 0 spiro atoms. The van der Waals surface area contributed by atoms with Crippen LogP contribution in [-0.4, -0.2) is 54.8 Å². The number of carbonyl (C=O) groups excluding carboxylic acids is 4. The van der Waals surface area contributed by atoms with E-state index >= 15 is 0 Å². The van der Waals surface area contributed by atoms with E-state index in [4.69, 9.17) is 14.2 Å². The van der Waals surface area contributed by atoms with Gasteiger partial charge in [-0.15, -0.1) is 0 Å². The number of benzene rings is 2. The maximum absolute atomic E-state index is 12.8. The van der Waals surface area contributed by atoms with Crippen LogP contribution in [0.15, 0.2) is 45.8 Å². The summed E-state index contributed by atoms with van der Waals surface area (Å²) in [4.78, 5) is 50.3. The third-order valence-corrected chi connectivity index (χ3v) is 6.33. The number of amides is 3. The molecule has 184 valence electrons. The van der Waals surface area contributed by atoms with Gasteiger partial charge in [-0.2, -0.15) is 0 Å². The van der Waals surface area contributed by atoms with Gasteiger partial charge in [0.25, 0.3) is 11.1 Å². The van der Waals surface area contributed by atoms with Crippen molar-refractivity contribution in [3.63, 3.8) is 0 Å². The van der Waals surface area contributed by atoms with Gasteiger partial charge in [-0.1, -0.05) is 33.6 Å². The molecule has 0 atom stereocenters. The Kier molecular flexibility index (Phi) is 8.94. The molecule has 0 bridgehead atoms. The number of imide groups is 1. The highest BCUT2D eigenvalue weighted by molar-refractivity contribution is 9.10. The Hall–Kier alpha value is -3.31. The molecule has 1 fully saturated rings. The van der Waals surface area contributed by atoms with Gasteiger partial charge in [0.15, 0.2) is 18.1 Å². The first-order chi connectivity index (χ1) is 16.7. The van der Waals surface area contributed by atoms with Crippen molar-refractivity contribution >= 4 is 62.5 Å². The number of hydrogen-bond acceptors (Lipinski definition) is 8. The minimum absolute atomic E-state index is 0.154. The normalized spacial score (nSPS) is 14.3. The first-order valence-electron chi connectivity index (χ1n) is 10.5. The van der Waals surface area contributed by atoms with Gasteiger partial charge >= 0.3 is 5.97 Å². The van der Waals surface area contributed by atoms with Gasteiger partial charge in [0.2, 0.25) is 5.91 Å². The van der Waals surface area contributed by atoms with Gasteiger partial charge in [0, 0.05) is 10.2 Å². The fourth-order valence-electron chi connectivity index (χ4n) is 3.03. The van der Waals surface area contributed by atoms with Gasteiger partial charge in [0.05, 0.1) is 18.6 Å². The number of halogens is 1. The second-order valence-corrected chi connectivity index (χ2v) is 9.15. The van der Waals surface area contributed by atoms with Crippen LogP contribution in [0.2, 0.25) is 0 Å². The Labute approximate surface area is 214 Å². The summed E-state index contributed by atoms with van der Waals surface area (Å²) in [6.45, 7) is 3.17. The molecule has 3 rings (SSSR count). The Balaban J connectivity index is 1.72. The van der Waals surface area contributed by atoms with Crippen LogP contribution in [0.4, 0.5) is 10.5 Å². The average Bonchev–Trinajstić information content (AvgIpc) is 3.08. The summed E-state index contributed by atoms with van der Waals surface area (Å²) in [5, 5.41) is 2.13. The fourth-order valence-corrected chi connectivity index (χ4v) is 4.30. The van der Waals surface area contributed by atoms with Crippen molar-refractivity contribution in [3.8, 4) is 11.5 Å². The van der Waals surface area contributed by atoms with Crippen molar-refractivity contribution in [1.82, 2.24) is 4.90 Å². The molecule has 0 radical (unpaired) electrons. The molecule has 1 aliphatic rings. The van der Waals surface area contributed by atoms with E-state index in [9.17, 15) is 19.2 Å². The second kappa shape index (κ2) is 11.9. The van der Waals surface area contributed by atoms with Crippen LogP contribution in [0.1, 0.15) is 18.1 Å². The lowest BCUT2D eigenvalue weighted by Crippen LogP contribution is -2.36. The quantitative estimate of drug-likeness (QED) is 0.354. The molecule has 2 aromatic carbocycles. The largest absolute Gasteiger partial charge is 0.493 e. The van der Waals surface area contributed by atoms with E-state index in [1.165, 1.54) is 13.2 Å². The summed E-state index contributed by atoms with van der Waals surface area (Å²) in [5.74, 6) is -0.961. The number of hydrogen-bond donors (Lipinski definition) is 1. The lowest BCUT2D eigenvalue weighted by atomic mass is 10.2. The molecule has 2 aromatic rings. The molecule has 1 N–H and O–H groups in total. The Morgan fingerprint density at radius 1 is 1.14 bits per heavy atom. The minimum Gasteiger partial charge on any atom is -0.493 e. The Morgan fingerprint density at radius 2 is 1.86 bits per heavy atom. The number of carbonyl (C=O) groups is 4. The lowest BCUT2D eigenvalue weighted by molar-refractivity contribution is -0.145. The van der Waals surface area contributed by atoms with Crippen molar-refractivity contribution in [3.05, 3.63) is 56.9 Å². The molecule has 0 unspecified atom stereocenters. The van der Waals surface area contributed by atoms with Crippen LogP contribution in [0.25, 0.3) is 6.08 Å². The van der Waals surface area contributed by atoms with Crippen LogP contribution >= 0.6 is 27.7 Å². The van der Waals surface area contributed by atoms with Crippen LogP contribution in [-0.2, 0) is 19.1 Å². The minimum atomic E-state index is -0.576. The zero-order chi connectivity index (χ0) is 25.5. The highest BCUT2D eigenvalue weighted by Gasteiger charge is 2.36. The van der Waals surface area contributed by atoms with Crippen molar-refractivity contribution in [1.29, 1.82) is 0 Å². The molecule has 1 heterocycles. The number of rotatable bonds is 9. The van der Waals surface area contributed by atoms with Gasteiger partial charge in [-0.3, -0.25) is 19.3 Å². The molecule has 35 heavy (non-hydrogen) atoms. The highest BCUT2D eigenvalue weighted by atomic mass is 79.9. The summed E-state index contributed by atoms with van der Waals surface area (Å²) >= 11 is 4.15.